The molecule has 2 aromatic rings. The predicted molar refractivity (Wildman–Crippen MR) is 93.5 cm³/mol. The number of rotatable bonds is 6. The smallest absolute Gasteiger partial charge is 0.261 e. The lowest BCUT2D eigenvalue weighted by Gasteiger charge is -2.27. The van der Waals surface area contributed by atoms with E-state index in [1.165, 1.54) is 4.90 Å². The Bertz CT molecular complexity index is 822. The number of ketones is 1. The zero-order valence-electron chi connectivity index (χ0n) is 13.5. The average molecular weight is 344 g/mol. The molecule has 0 unspecified atom stereocenters. The monoisotopic (exact) mass is 343 g/mol. The second-order valence-corrected chi connectivity index (χ2v) is 6.50. The summed E-state index contributed by atoms with van der Waals surface area (Å²) >= 11 is 6.19. The molecule has 124 valence electrons. The van der Waals surface area contributed by atoms with Crippen molar-refractivity contribution in [1.29, 1.82) is 0 Å². The number of hydrogen-bond acceptors (Lipinski definition) is 3. The highest BCUT2D eigenvalue weighted by atomic mass is 35.5. The topological polar surface area (TPSA) is 54.5 Å². The lowest BCUT2D eigenvalue weighted by Crippen LogP contribution is -2.40. The third kappa shape index (κ3) is 2.94. The van der Waals surface area contributed by atoms with Gasteiger partial charge in [0.2, 0.25) is 0 Å². The van der Waals surface area contributed by atoms with E-state index in [9.17, 15) is 14.4 Å². The fourth-order valence-electron chi connectivity index (χ4n) is 3.13. The molecule has 0 saturated heterocycles. The van der Waals surface area contributed by atoms with Crippen molar-refractivity contribution in [3.05, 3.63) is 46.5 Å². The maximum atomic E-state index is 12.7. The van der Waals surface area contributed by atoms with Gasteiger partial charge in [-0.3, -0.25) is 14.5 Å². The van der Waals surface area contributed by atoms with E-state index in [4.69, 9.17) is 11.6 Å². The third-order valence-electron chi connectivity index (χ3n) is 4.35. The van der Waals surface area contributed by atoms with Gasteiger partial charge in [0.25, 0.3) is 11.8 Å². The Labute approximate surface area is 145 Å². The zero-order valence-corrected chi connectivity index (χ0v) is 14.2. The molecule has 0 radical (unpaired) electrons. The molecule has 24 heavy (non-hydrogen) atoms. The van der Waals surface area contributed by atoms with E-state index in [0.717, 1.165) is 18.2 Å². The van der Waals surface area contributed by atoms with Gasteiger partial charge in [0, 0.05) is 39.9 Å². The van der Waals surface area contributed by atoms with Crippen molar-refractivity contribution in [1.82, 2.24) is 4.90 Å². The molecule has 1 aliphatic heterocycles. The maximum Gasteiger partial charge on any atom is 0.261 e. The molecule has 0 saturated carbocycles. The van der Waals surface area contributed by atoms with E-state index in [-0.39, 0.29) is 17.6 Å². The van der Waals surface area contributed by atoms with Crippen LogP contribution in [0.5, 0.6) is 0 Å². The van der Waals surface area contributed by atoms with Gasteiger partial charge in [-0.25, -0.2) is 0 Å². The maximum absolute atomic E-state index is 12.7. The molecule has 0 fully saturated rings. The van der Waals surface area contributed by atoms with E-state index in [0.29, 0.717) is 40.9 Å². The average Bonchev–Trinajstić information content (AvgIpc) is 2.56. The molecule has 2 aromatic carbocycles. The van der Waals surface area contributed by atoms with Crippen molar-refractivity contribution >= 4 is 40.0 Å². The second kappa shape index (κ2) is 6.73. The molecular weight excluding hydrogens is 326 g/mol. The summed E-state index contributed by atoms with van der Waals surface area (Å²) in [4.78, 5) is 37.7. The SMILES string of the molecule is CC(=O)CCCCCN1C(=O)c2cccc3c(Cl)ccc(c23)C1=O. The van der Waals surface area contributed by atoms with Gasteiger partial charge < -0.3 is 4.79 Å². The Hall–Kier alpha value is -2.20. The summed E-state index contributed by atoms with van der Waals surface area (Å²) in [6, 6.07) is 8.72. The van der Waals surface area contributed by atoms with Crippen LogP contribution < -0.4 is 0 Å². The summed E-state index contributed by atoms with van der Waals surface area (Å²) < 4.78 is 0. The number of hydrogen-bond donors (Lipinski definition) is 0. The van der Waals surface area contributed by atoms with Gasteiger partial charge in [-0.05, 0) is 38.0 Å². The number of benzene rings is 2. The summed E-state index contributed by atoms with van der Waals surface area (Å²) in [7, 11) is 0. The lowest BCUT2D eigenvalue weighted by atomic mass is 9.94. The number of carbonyl (C=O) groups is 3. The first-order valence-electron chi connectivity index (χ1n) is 8.07. The van der Waals surface area contributed by atoms with Crippen molar-refractivity contribution < 1.29 is 14.4 Å². The minimum Gasteiger partial charge on any atom is -0.300 e. The summed E-state index contributed by atoms with van der Waals surface area (Å²) in [6.45, 7) is 1.94. The lowest BCUT2D eigenvalue weighted by molar-refractivity contribution is -0.117. The summed E-state index contributed by atoms with van der Waals surface area (Å²) in [5.41, 5.74) is 1.04. The van der Waals surface area contributed by atoms with Crippen LogP contribution in [0, 0.1) is 0 Å². The number of imide groups is 1. The number of amides is 2. The van der Waals surface area contributed by atoms with Crippen LogP contribution in [-0.4, -0.2) is 29.0 Å². The van der Waals surface area contributed by atoms with Gasteiger partial charge in [-0.2, -0.15) is 0 Å². The molecule has 4 nitrogen and oxygen atoms in total. The first-order valence-corrected chi connectivity index (χ1v) is 8.45. The van der Waals surface area contributed by atoms with E-state index in [1.807, 2.05) is 6.07 Å². The van der Waals surface area contributed by atoms with Gasteiger partial charge in [0.15, 0.2) is 0 Å². The Morgan fingerprint density at radius 2 is 1.71 bits per heavy atom. The Balaban J connectivity index is 1.83. The first-order chi connectivity index (χ1) is 11.5. The van der Waals surface area contributed by atoms with Crippen LogP contribution >= 0.6 is 11.6 Å². The largest absolute Gasteiger partial charge is 0.300 e. The van der Waals surface area contributed by atoms with Gasteiger partial charge in [-0.1, -0.05) is 30.2 Å². The number of halogens is 1. The highest BCUT2D eigenvalue weighted by molar-refractivity contribution is 6.38. The van der Waals surface area contributed by atoms with Crippen LogP contribution in [0.25, 0.3) is 10.8 Å². The van der Waals surface area contributed by atoms with Gasteiger partial charge in [0.05, 0.1) is 0 Å². The Kier molecular flexibility index (Phi) is 4.67. The van der Waals surface area contributed by atoms with Crippen molar-refractivity contribution in [3.8, 4) is 0 Å². The fraction of sp³-hybridized carbons (Fsp3) is 0.316. The quantitative estimate of drug-likeness (QED) is 0.582. The van der Waals surface area contributed by atoms with E-state index in [1.54, 1.807) is 31.2 Å². The van der Waals surface area contributed by atoms with Gasteiger partial charge in [0.1, 0.15) is 5.78 Å². The van der Waals surface area contributed by atoms with Gasteiger partial charge >= 0.3 is 0 Å². The van der Waals surface area contributed by atoms with Crippen LogP contribution in [0.2, 0.25) is 5.02 Å². The summed E-state index contributed by atoms with van der Waals surface area (Å²) in [6.07, 6.45) is 2.84. The van der Waals surface area contributed by atoms with E-state index < -0.39 is 0 Å². The number of unbranched alkanes of at least 4 members (excludes halogenated alkanes) is 2. The van der Waals surface area contributed by atoms with Crippen molar-refractivity contribution in [2.75, 3.05) is 6.54 Å². The number of Topliss-reactive ketones (excluding diaryl/α,β-unsaturated/α-hetero) is 1. The second-order valence-electron chi connectivity index (χ2n) is 6.10. The highest BCUT2D eigenvalue weighted by Gasteiger charge is 2.32. The molecule has 1 heterocycles. The van der Waals surface area contributed by atoms with E-state index in [2.05, 4.69) is 0 Å². The number of nitrogens with zero attached hydrogens (tertiary/aromatic N) is 1. The van der Waals surface area contributed by atoms with Crippen molar-refractivity contribution in [2.24, 2.45) is 0 Å². The molecule has 0 spiro atoms. The zero-order chi connectivity index (χ0) is 17.3. The Morgan fingerprint density at radius 1 is 1.00 bits per heavy atom. The predicted octanol–water partition coefficient (Wildman–Crippen LogP) is 4.24. The normalized spacial score (nSPS) is 13.7. The highest BCUT2D eigenvalue weighted by Crippen LogP contribution is 2.34. The van der Waals surface area contributed by atoms with E-state index >= 15 is 0 Å². The van der Waals surface area contributed by atoms with Crippen LogP contribution in [0.4, 0.5) is 0 Å². The Morgan fingerprint density at radius 3 is 2.42 bits per heavy atom. The fourth-order valence-corrected chi connectivity index (χ4v) is 3.35. The van der Waals surface area contributed by atoms with Crippen LogP contribution in [-0.2, 0) is 4.79 Å². The molecule has 3 rings (SSSR count). The minimum atomic E-state index is -0.271. The summed E-state index contributed by atoms with van der Waals surface area (Å²) in [5, 5.41) is 1.91. The van der Waals surface area contributed by atoms with Crippen LogP contribution in [0.3, 0.4) is 0 Å². The van der Waals surface area contributed by atoms with Crippen molar-refractivity contribution in [2.45, 2.75) is 32.6 Å². The molecular formula is C19H18ClNO3. The summed E-state index contributed by atoms with van der Waals surface area (Å²) in [5.74, 6) is -0.378. The molecule has 5 heteroatoms. The molecule has 2 amide bonds. The molecule has 0 atom stereocenters. The molecule has 0 N–H and O–H groups in total. The van der Waals surface area contributed by atoms with Gasteiger partial charge in [-0.15, -0.1) is 0 Å². The third-order valence-corrected chi connectivity index (χ3v) is 4.68. The van der Waals surface area contributed by atoms with Crippen LogP contribution in [0.15, 0.2) is 30.3 Å². The molecule has 0 aliphatic carbocycles. The van der Waals surface area contributed by atoms with Crippen molar-refractivity contribution in [3.63, 3.8) is 0 Å². The molecule has 1 aliphatic rings. The number of carbonyl (C=O) groups excluding carboxylic acids is 3. The molecule has 0 aromatic heterocycles. The first kappa shape index (κ1) is 16.7. The molecule has 0 bridgehead atoms. The standard InChI is InChI=1S/C19H18ClNO3/c1-12(22)6-3-2-4-11-21-18(23)14-8-5-7-13-16(20)10-9-15(17(13)14)19(21)24/h5,7-10H,2-4,6,11H2,1H3. The van der Waals surface area contributed by atoms with Crippen LogP contribution in [0.1, 0.15) is 53.3 Å². The minimum absolute atomic E-state index is 0.164.